The Bertz CT molecular complexity index is 361. The lowest BCUT2D eigenvalue weighted by Gasteiger charge is -1.98. The highest BCUT2D eigenvalue weighted by molar-refractivity contribution is 7.81. The molecule has 0 saturated heterocycles. The van der Waals surface area contributed by atoms with E-state index in [1.54, 1.807) is 18.2 Å². The predicted octanol–water partition coefficient (Wildman–Crippen LogP) is 1.01. The SMILES string of the molecule is O=NO.O=S(=O)(O)Oc1ccccc1. The van der Waals surface area contributed by atoms with E-state index in [1.165, 1.54) is 17.5 Å². The van der Waals surface area contributed by atoms with Gasteiger partial charge in [-0.2, -0.15) is 8.42 Å². The molecule has 1 aromatic carbocycles. The summed E-state index contributed by atoms with van der Waals surface area (Å²) in [6, 6.07) is 7.75. The van der Waals surface area contributed by atoms with E-state index < -0.39 is 10.4 Å². The van der Waals surface area contributed by atoms with Crippen LogP contribution >= 0.6 is 0 Å². The van der Waals surface area contributed by atoms with Crippen molar-refractivity contribution in [1.29, 1.82) is 0 Å². The standard InChI is InChI=1S/C6H6O4S.HNO2/c7-11(8,9)10-6-4-2-1-3-5-6;2-1-3/h1-5H,(H,7,8,9);(H,2,3). The van der Waals surface area contributed by atoms with Crippen molar-refractivity contribution in [2.75, 3.05) is 0 Å². The number of rotatable bonds is 2. The van der Waals surface area contributed by atoms with Crippen LogP contribution in [0.25, 0.3) is 0 Å². The molecule has 2 N–H and O–H groups in total. The van der Waals surface area contributed by atoms with Gasteiger partial charge < -0.3 is 9.39 Å². The fourth-order valence-corrected chi connectivity index (χ4v) is 0.952. The highest BCUT2D eigenvalue weighted by Gasteiger charge is 2.04. The molecule has 0 aliphatic carbocycles. The number of hydrogen-bond acceptors (Lipinski definition) is 5. The number of hydrogen-bond donors (Lipinski definition) is 2. The van der Waals surface area contributed by atoms with E-state index in [2.05, 4.69) is 4.18 Å². The molecule has 0 amide bonds. The van der Waals surface area contributed by atoms with Gasteiger partial charge in [0.05, 0.1) is 0 Å². The van der Waals surface area contributed by atoms with Crippen molar-refractivity contribution in [3.8, 4) is 5.75 Å². The van der Waals surface area contributed by atoms with E-state index in [9.17, 15) is 8.42 Å². The fourth-order valence-electron chi connectivity index (χ4n) is 0.598. The first kappa shape index (κ1) is 12.3. The molecule has 0 radical (unpaired) electrons. The maximum Gasteiger partial charge on any atom is 0.446 e. The monoisotopic (exact) mass is 221 g/mol. The van der Waals surface area contributed by atoms with Crippen molar-refractivity contribution >= 4 is 10.4 Å². The van der Waals surface area contributed by atoms with Crippen LogP contribution in [0.1, 0.15) is 0 Å². The van der Waals surface area contributed by atoms with Gasteiger partial charge in [0.15, 0.2) is 5.34 Å². The van der Waals surface area contributed by atoms with Gasteiger partial charge in [-0.25, -0.2) is 0 Å². The summed E-state index contributed by atoms with van der Waals surface area (Å²) in [4.78, 5) is 8.11. The molecule has 0 aliphatic rings. The molecule has 0 spiro atoms. The quantitative estimate of drug-likeness (QED) is 0.437. The van der Waals surface area contributed by atoms with Crippen LogP contribution in [0, 0.1) is 4.91 Å². The van der Waals surface area contributed by atoms with Gasteiger partial charge in [0, 0.05) is 0 Å². The Morgan fingerprint density at radius 2 is 1.64 bits per heavy atom. The van der Waals surface area contributed by atoms with Gasteiger partial charge in [0.2, 0.25) is 0 Å². The lowest BCUT2D eigenvalue weighted by molar-refractivity contribution is 0.312. The first-order chi connectivity index (χ1) is 6.49. The largest absolute Gasteiger partial charge is 0.446 e. The maximum atomic E-state index is 10.1. The Balaban J connectivity index is 0.000000500. The van der Waals surface area contributed by atoms with E-state index >= 15 is 0 Å². The minimum Gasteiger partial charge on any atom is -0.379 e. The van der Waals surface area contributed by atoms with Gasteiger partial charge in [0.25, 0.3) is 0 Å². The molecular weight excluding hydrogens is 214 g/mol. The number of para-hydroxylation sites is 1. The van der Waals surface area contributed by atoms with Gasteiger partial charge >= 0.3 is 10.4 Å². The van der Waals surface area contributed by atoms with Gasteiger partial charge in [-0.3, -0.25) is 4.55 Å². The average molecular weight is 221 g/mol. The molecule has 0 saturated carbocycles. The zero-order valence-electron chi connectivity index (χ0n) is 6.77. The van der Waals surface area contributed by atoms with Gasteiger partial charge in [-0.15, -0.1) is 4.91 Å². The Kier molecular flexibility index (Phi) is 5.19. The summed E-state index contributed by atoms with van der Waals surface area (Å²) in [5, 5.41) is 7.89. The van der Waals surface area contributed by atoms with Gasteiger partial charge in [-0.1, -0.05) is 18.2 Å². The van der Waals surface area contributed by atoms with Crippen molar-refractivity contribution in [2.45, 2.75) is 0 Å². The molecular formula is C6H7NO6S. The number of benzene rings is 1. The van der Waals surface area contributed by atoms with E-state index in [4.69, 9.17) is 14.7 Å². The van der Waals surface area contributed by atoms with Crippen molar-refractivity contribution in [2.24, 2.45) is 5.34 Å². The minimum atomic E-state index is -4.38. The van der Waals surface area contributed by atoms with E-state index in [1.807, 2.05) is 0 Å². The van der Waals surface area contributed by atoms with Crippen LogP contribution in [0.4, 0.5) is 0 Å². The molecule has 78 valence electrons. The van der Waals surface area contributed by atoms with Crippen LogP contribution in [-0.4, -0.2) is 18.2 Å². The molecule has 0 bridgehead atoms. The van der Waals surface area contributed by atoms with Crippen molar-refractivity contribution in [3.05, 3.63) is 35.2 Å². The summed E-state index contributed by atoms with van der Waals surface area (Å²) < 4.78 is 32.6. The van der Waals surface area contributed by atoms with Crippen molar-refractivity contribution in [3.63, 3.8) is 0 Å². The third-order valence-corrected chi connectivity index (χ3v) is 1.35. The molecule has 0 atom stereocenters. The molecule has 0 heterocycles. The summed E-state index contributed by atoms with van der Waals surface area (Å²) in [7, 11) is -4.38. The Morgan fingerprint density at radius 1 is 1.21 bits per heavy atom. The van der Waals surface area contributed by atoms with Crippen molar-refractivity contribution < 1.29 is 22.4 Å². The third-order valence-electron chi connectivity index (χ3n) is 0.945. The Morgan fingerprint density at radius 3 is 2.00 bits per heavy atom. The lowest BCUT2D eigenvalue weighted by atomic mass is 10.3. The molecule has 1 rings (SSSR count). The average Bonchev–Trinajstić information content (AvgIpc) is 2.04. The first-order valence-electron chi connectivity index (χ1n) is 3.18. The lowest BCUT2D eigenvalue weighted by Crippen LogP contribution is -2.06. The topological polar surface area (TPSA) is 113 Å². The van der Waals surface area contributed by atoms with E-state index in [0.29, 0.717) is 0 Å². The Hall–Kier alpha value is -1.67. The molecule has 1 aromatic rings. The zero-order chi connectivity index (χ0) is 11.0. The maximum absolute atomic E-state index is 10.1. The van der Waals surface area contributed by atoms with Crippen LogP contribution in [0.5, 0.6) is 5.75 Å². The van der Waals surface area contributed by atoms with E-state index in [0.717, 1.165) is 0 Å². The molecule has 0 aliphatic heterocycles. The minimum absolute atomic E-state index is 0.0926. The van der Waals surface area contributed by atoms with Crippen LogP contribution in [0.3, 0.4) is 0 Å². The third kappa shape index (κ3) is 7.00. The van der Waals surface area contributed by atoms with Crippen LogP contribution < -0.4 is 4.18 Å². The summed E-state index contributed by atoms with van der Waals surface area (Å²) in [5.74, 6) is 0.0926. The molecule has 0 unspecified atom stereocenters. The normalized spacial score (nSPS) is 9.50. The van der Waals surface area contributed by atoms with Crippen LogP contribution in [0.2, 0.25) is 0 Å². The summed E-state index contributed by atoms with van der Waals surface area (Å²) in [6.45, 7) is 0. The first-order valence-corrected chi connectivity index (χ1v) is 4.55. The predicted molar refractivity (Wildman–Crippen MR) is 46.2 cm³/mol. The highest BCUT2D eigenvalue weighted by Crippen LogP contribution is 2.09. The molecule has 0 aromatic heterocycles. The van der Waals surface area contributed by atoms with Crippen molar-refractivity contribution in [1.82, 2.24) is 0 Å². The zero-order valence-corrected chi connectivity index (χ0v) is 7.59. The second-order valence-electron chi connectivity index (χ2n) is 1.91. The van der Waals surface area contributed by atoms with Gasteiger partial charge in [0.1, 0.15) is 5.75 Å². The second kappa shape index (κ2) is 5.89. The summed E-state index contributed by atoms with van der Waals surface area (Å²) in [5.41, 5.74) is 0. The van der Waals surface area contributed by atoms with Crippen LogP contribution in [-0.2, 0) is 10.4 Å². The fraction of sp³-hybridized carbons (Fsp3) is 0. The molecule has 8 heteroatoms. The van der Waals surface area contributed by atoms with Crippen LogP contribution in [0.15, 0.2) is 35.7 Å². The molecule has 14 heavy (non-hydrogen) atoms. The van der Waals surface area contributed by atoms with Gasteiger partial charge in [-0.05, 0) is 12.1 Å². The highest BCUT2D eigenvalue weighted by atomic mass is 32.3. The molecule has 7 nitrogen and oxygen atoms in total. The number of nitrogens with zero attached hydrogens (tertiary/aromatic N) is 1. The second-order valence-corrected chi connectivity index (χ2v) is 2.93. The van der Waals surface area contributed by atoms with E-state index in [-0.39, 0.29) is 5.75 Å². The Labute approximate surface area is 79.8 Å². The summed E-state index contributed by atoms with van der Waals surface area (Å²) >= 11 is 0. The summed E-state index contributed by atoms with van der Waals surface area (Å²) in [6.07, 6.45) is 0. The molecule has 0 fully saturated rings. The smallest absolute Gasteiger partial charge is 0.379 e.